The van der Waals surface area contributed by atoms with E-state index in [4.69, 9.17) is 32.5 Å². The van der Waals surface area contributed by atoms with Crippen LogP contribution in [-0.4, -0.2) is 36.5 Å². The highest BCUT2D eigenvalue weighted by molar-refractivity contribution is 6.48. The average molecular weight is 443 g/mol. The van der Waals surface area contributed by atoms with Crippen molar-refractivity contribution >= 4 is 42.1 Å². The van der Waals surface area contributed by atoms with E-state index in [0.29, 0.717) is 17.2 Å². The second-order valence-corrected chi connectivity index (χ2v) is 8.38. The molecule has 3 N–H and O–H groups in total. The minimum atomic E-state index is -0.836. The van der Waals surface area contributed by atoms with E-state index in [0.717, 1.165) is 0 Å². The first-order valence-electron chi connectivity index (χ1n) is 9.37. The smallest absolute Gasteiger partial charge is 0.522 e. The molecule has 1 aliphatic rings. The summed E-state index contributed by atoms with van der Waals surface area (Å²) in [5.74, 6) is -1.18. The van der Waals surface area contributed by atoms with Crippen molar-refractivity contribution in [1.29, 1.82) is 0 Å². The lowest BCUT2D eigenvalue weighted by Crippen LogP contribution is -2.51. The Morgan fingerprint density at radius 1 is 1.17 bits per heavy atom. The lowest BCUT2D eigenvalue weighted by Gasteiger charge is -2.22. The van der Waals surface area contributed by atoms with Gasteiger partial charge in [-0.3, -0.25) is 9.59 Å². The molecule has 0 bridgehead atoms. The molecule has 0 radical (unpaired) electrons. The van der Waals surface area contributed by atoms with E-state index in [9.17, 15) is 14.7 Å². The molecule has 1 atom stereocenters. The maximum atomic E-state index is 12.4. The Morgan fingerprint density at radius 3 is 2.45 bits per heavy atom. The van der Waals surface area contributed by atoms with Gasteiger partial charge in [0.05, 0.1) is 23.1 Å². The van der Waals surface area contributed by atoms with Crippen molar-refractivity contribution in [2.24, 2.45) is 11.8 Å². The zero-order valence-electron chi connectivity index (χ0n) is 16.8. The van der Waals surface area contributed by atoms with E-state index < -0.39 is 24.9 Å². The summed E-state index contributed by atoms with van der Waals surface area (Å²) in [6, 6.07) is 4.51. The number of benzene rings is 1. The summed E-state index contributed by atoms with van der Waals surface area (Å²) in [6.07, 6.45) is 0.559. The first kappa shape index (κ1) is 23.2. The van der Waals surface area contributed by atoms with E-state index in [1.54, 1.807) is 6.07 Å². The zero-order valence-corrected chi connectivity index (χ0v) is 18.3. The molecule has 0 aliphatic carbocycles. The van der Waals surface area contributed by atoms with E-state index in [2.05, 4.69) is 10.6 Å². The number of aliphatic hydroxyl groups is 1. The van der Waals surface area contributed by atoms with Gasteiger partial charge in [0.15, 0.2) is 5.76 Å². The number of halogens is 2. The van der Waals surface area contributed by atoms with E-state index in [1.165, 1.54) is 12.1 Å². The monoisotopic (exact) mass is 442 g/mol. The van der Waals surface area contributed by atoms with Gasteiger partial charge in [0.1, 0.15) is 0 Å². The van der Waals surface area contributed by atoms with Crippen molar-refractivity contribution in [3.8, 4) is 0 Å². The van der Waals surface area contributed by atoms with Gasteiger partial charge >= 0.3 is 7.12 Å². The van der Waals surface area contributed by atoms with Crippen molar-refractivity contribution in [3.05, 3.63) is 45.5 Å². The summed E-state index contributed by atoms with van der Waals surface area (Å²) in [5, 5.41) is 15.9. The molecule has 1 aromatic rings. The first-order chi connectivity index (χ1) is 13.6. The third-order valence-corrected chi connectivity index (χ3v) is 4.75. The molecule has 0 saturated heterocycles. The standard InChI is InChI=1S/C19H25BCl2N2O5/c1-10(2)7-15(20-28-17(11(3)4)19(27)29-20)24-16(25)9-23-18(26)13-8-12(21)5-6-14(13)22/h5-6,8,10-11,15,27H,7,9H2,1-4H3,(H,23,26)(H,24,25)/t15-/m0/s1. The molecule has 158 valence electrons. The molecule has 1 aromatic carbocycles. The van der Waals surface area contributed by atoms with Gasteiger partial charge in [0.2, 0.25) is 5.91 Å². The van der Waals surface area contributed by atoms with Gasteiger partial charge in [-0.15, -0.1) is 0 Å². The van der Waals surface area contributed by atoms with Crippen LogP contribution in [0.5, 0.6) is 0 Å². The van der Waals surface area contributed by atoms with E-state index in [-0.39, 0.29) is 34.9 Å². The second-order valence-electron chi connectivity index (χ2n) is 7.54. The molecule has 0 spiro atoms. The fourth-order valence-corrected chi connectivity index (χ4v) is 3.22. The predicted molar refractivity (Wildman–Crippen MR) is 113 cm³/mol. The van der Waals surface area contributed by atoms with Gasteiger partial charge in [0.25, 0.3) is 11.9 Å². The van der Waals surface area contributed by atoms with Crippen LogP contribution in [0.4, 0.5) is 0 Å². The van der Waals surface area contributed by atoms with Gasteiger partial charge in [-0.1, -0.05) is 50.9 Å². The van der Waals surface area contributed by atoms with Crippen molar-refractivity contribution < 1.29 is 24.0 Å². The number of carbonyl (C=O) groups is 2. The molecule has 0 fully saturated rings. The Balaban J connectivity index is 1.96. The molecular formula is C19H25BCl2N2O5. The summed E-state index contributed by atoms with van der Waals surface area (Å²) >= 11 is 11.9. The SMILES string of the molecule is CC(C)C[C@H](NC(=O)CNC(=O)c1cc(Cl)ccc1Cl)B1OC(O)=C(C(C)C)O1. The molecule has 7 nitrogen and oxygen atoms in total. The number of hydrogen-bond acceptors (Lipinski definition) is 5. The highest BCUT2D eigenvalue weighted by atomic mass is 35.5. The second kappa shape index (κ2) is 10.1. The van der Waals surface area contributed by atoms with Crippen molar-refractivity contribution in [2.45, 2.75) is 40.1 Å². The number of aliphatic hydroxyl groups excluding tert-OH is 1. The highest BCUT2D eigenvalue weighted by Gasteiger charge is 2.43. The number of nitrogens with one attached hydrogen (secondary N) is 2. The largest absolute Gasteiger partial charge is 0.620 e. The maximum absolute atomic E-state index is 12.4. The molecule has 0 saturated carbocycles. The molecule has 1 aliphatic heterocycles. The Morgan fingerprint density at radius 2 is 1.86 bits per heavy atom. The van der Waals surface area contributed by atoms with Crippen molar-refractivity contribution in [1.82, 2.24) is 10.6 Å². The van der Waals surface area contributed by atoms with Gasteiger partial charge in [-0.25, -0.2) is 0 Å². The van der Waals surface area contributed by atoms with Crippen LogP contribution >= 0.6 is 23.2 Å². The Kier molecular flexibility index (Phi) is 8.10. The van der Waals surface area contributed by atoms with Crippen LogP contribution in [0.1, 0.15) is 44.5 Å². The van der Waals surface area contributed by atoms with E-state index in [1.807, 2.05) is 27.7 Å². The fourth-order valence-electron chi connectivity index (χ4n) is 2.85. The number of carbonyl (C=O) groups excluding carboxylic acids is 2. The molecular weight excluding hydrogens is 418 g/mol. The summed E-state index contributed by atoms with van der Waals surface area (Å²) < 4.78 is 11.1. The topological polar surface area (TPSA) is 96.9 Å². The summed E-state index contributed by atoms with van der Waals surface area (Å²) in [6.45, 7) is 7.45. The Bertz CT molecular complexity index is 801. The van der Waals surface area contributed by atoms with Crippen LogP contribution in [0.25, 0.3) is 0 Å². The first-order valence-corrected chi connectivity index (χ1v) is 10.1. The van der Waals surface area contributed by atoms with Gasteiger partial charge < -0.3 is 25.0 Å². The third-order valence-electron chi connectivity index (χ3n) is 4.19. The molecule has 29 heavy (non-hydrogen) atoms. The maximum Gasteiger partial charge on any atom is 0.620 e. The van der Waals surface area contributed by atoms with Gasteiger partial charge in [0, 0.05) is 10.9 Å². The van der Waals surface area contributed by atoms with E-state index >= 15 is 0 Å². The van der Waals surface area contributed by atoms with Gasteiger partial charge in [-0.2, -0.15) is 0 Å². The Hall–Kier alpha value is -2.06. The molecule has 2 amide bonds. The lowest BCUT2D eigenvalue weighted by molar-refractivity contribution is -0.120. The normalized spacial score (nSPS) is 14.7. The van der Waals surface area contributed by atoms with Crippen LogP contribution in [0, 0.1) is 11.8 Å². The zero-order chi connectivity index (χ0) is 21.7. The summed E-state index contributed by atoms with van der Waals surface area (Å²) in [7, 11) is -0.836. The summed E-state index contributed by atoms with van der Waals surface area (Å²) in [4.78, 5) is 24.7. The minimum absolute atomic E-state index is 0.0582. The predicted octanol–water partition coefficient (Wildman–Crippen LogP) is 3.71. The van der Waals surface area contributed by atoms with Crippen LogP contribution in [0.3, 0.4) is 0 Å². The number of amides is 2. The fraction of sp³-hybridized carbons (Fsp3) is 0.474. The number of rotatable bonds is 8. The van der Waals surface area contributed by atoms with Crippen molar-refractivity contribution in [3.63, 3.8) is 0 Å². The average Bonchev–Trinajstić information content (AvgIpc) is 3.03. The molecule has 1 heterocycles. The minimum Gasteiger partial charge on any atom is -0.522 e. The Labute approximate surface area is 180 Å². The quantitative estimate of drug-likeness (QED) is 0.533. The molecule has 2 rings (SSSR count). The van der Waals surface area contributed by atoms with Crippen LogP contribution in [0.15, 0.2) is 29.9 Å². The van der Waals surface area contributed by atoms with Gasteiger partial charge in [-0.05, 0) is 30.5 Å². The van der Waals surface area contributed by atoms with Crippen LogP contribution < -0.4 is 10.6 Å². The lowest BCUT2D eigenvalue weighted by atomic mass is 9.74. The molecule has 0 unspecified atom stereocenters. The van der Waals surface area contributed by atoms with Crippen LogP contribution in [0.2, 0.25) is 10.0 Å². The molecule has 10 heteroatoms. The summed E-state index contributed by atoms with van der Waals surface area (Å²) in [5.41, 5.74) is 0.184. The molecule has 0 aromatic heterocycles. The number of hydrogen-bond donors (Lipinski definition) is 3. The van der Waals surface area contributed by atoms with Crippen molar-refractivity contribution in [2.75, 3.05) is 6.54 Å². The highest BCUT2D eigenvalue weighted by Crippen LogP contribution is 2.27. The third kappa shape index (κ3) is 6.47. The van der Waals surface area contributed by atoms with Crippen LogP contribution in [-0.2, 0) is 14.1 Å². The number of allylic oxidation sites excluding steroid dienone is 1.